The molecule has 0 saturated heterocycles. The van der Waals surface area contributed by atoms with Crippen molar-refractivity contribution in [2.45, 2.75) is 39.8 Å². The zero-order chi connectivity index (χ0) is 15.0. The summed E-state index contributed by atoms with van der Waals surface area (Å²) in [6.45, 7) is 7.81. The quantitative estimate of drug-likeness (QED) is 0.872. The largest absolute Gasteiger partial charge is 0.351 e. The number of aryl methyl sites for hydroxylation is 1. The summed E-state index contributed by atoms with van der Waals surface area (Å²) in [5.41, 5.74) is 2.01. The predicted molar refractivity (Wildman–Crippen MR) is 78.9 cm³/mol. The third kappa shape index (κ3) is 2.37. The number of amides is 1. The van der Waals surface area contributed by atoms with Crippen LogP contribution >= 0.6 is 0 Å². The molecule has 0 bridgehead atoms. The van der Waals surface area contributed by atoms with Crippen molar-refractivity contribution in [3.05, 3.63) is 41.5 Å². The highest BCUT2D eigenvalue weighted by Gasteiger charge is 2.34. The van der Waals surface area contributed by atoms with Crippen LogP contribution in [-0.2, 0) is 13.0 Å². The molecule has 3 heterocycles. The fraction of sp³-hybridized carbons (Fsp3) is 0.500. The van der Waals surface area contributed by atoms with E-state index >= 15 is 0 Å². The first kappa shape index (κ1) is 13.9. The van der Waals surface area contributed by atoms with Crippen molar-refractivity contribution in [2.75, 3.05) is 6.54 Å². The van der Waals surface area contributed by atoms with Crippen LogP contribution in [0, 0.1) is 5.92 Å². The minimum atomic E-state index is -0.0617. The number of aromatic nitrogens is 2. The number of hydrogen-bond donors (Lipinski definition) is 0. The van der Waals surface area contributed by atoms with Crippen LogP contribution in [0.2, 0.25) is 0 Å². The molecule has 3 rings (SSSR count). The number of fused-ring (bicyclic) bond motifs is 1. The van der Waals surface area contributed by atoms with E-state index in [-0.39, 0.29) is 11.9 Å². The number of nitrogens with zero attached hydrogens (tertiary/aromatic N) is 3. The van der Waals surface area contributed by atoms with Gasteiger partial charge in [0.2, 0.25) is 5.76 Å². The Balaban J connectivity index is 1.92. The van der Waals surface area contributed by atoms with E-state index in [0.29, 0.717) is 18.2 Å². The minimum Gasteiger partial charge on any atom is -0.351 e. The monoisotopic (exact) mass is 287 g/mol. The van der Waals surface area contributed by atoms with E-state index in [4.69, 9.17) is 4.52 Å². The van der Waals surface area contributed by atoms with Crippen molar-refractivity contribution in [2.24, 2.45) is 5.92 Å². The highest BCUT2D eigenvalue weighted by Crippen LogP contribution is 2.33. The van der Waals surface area contributed by atoms with Crippen molar-refractivity contribution >= 4 is 5.91 Å². The second kappa shape index (κ2) is 5.39. The smallest absolute Gasteiger partial charge is 0.293 e. The molecule has 2 aromatic rings. The molecule has 0 saturated carbocycles. The molecule has 21 heavy (non-hydrogen) atoms. The van der Waals surface area contributed by atoms with Gasteiger partial charge in [0, 0.05) is 31.0 Å². The fourth-order valence-corrected chi connectivity index (χ4v) is 3.06. The number of carbonyl (C=O) groups is 1. The van der Waals surface area contributed by atoms with Gasteiger partial charge in [-0.2, -0.15) is 0 Å². The van der Waals surface area contributed by atoms with Crippen LogP contribution in [0.15, 0.2) is 28.9 Å². The first-order chi connectivity index (χ1) is 10.1. The van der Waals surface area contributed by atoms with Crippen molar-refractivity contribution in [1.82, 2.24) is 14.6 Å². The summed E-state index contributed by atoms with van der Waals surface area (Å²) < 4.78 is 7.45. The maximum Gasteiger partial charge on any atom is 0.293 e. The van der Waals surface area contributed by atoms with E-state index in [2.05, 4.69) is 35.8 Å². The van der Waals surface area contributed by atoms with Crippen molar-refractivity contribution < 1.29 is 9.32 Å². The highest BCUT2D eigenvalue weighted by molar-refractivity contribution is 5.91. The maximum atomic E-state index is 12.8. The van der Waals surface area contributed by atoms with E-state index in [1.165, 1.54) is 5.69 Å². The first-order valence-electron chi connectivity index (χ1n) is 7.53. The second-order valence-electron chi connectivity index (χ2n) is 5.85. The molecule has 112 valence electrons. The van der Waals surface area contributed by atoms with Crippen LogP contribution < -0.4 is 0 Å². The SMILES string of the molecule is CCc1cc(C(=O)N2CCn3cccc3C2C(C)C)on1. The molecule has 1 atom stereocenters. The average molecular weight is 287 g/mol. The van der Waals surface area contributed by atoms with E-state index < -0.39 is 0 Å². The van der Waals surface area contributed by atoms with Gasteiger partial charge in [0.15, 0.2) is 0 Å². The zero-order valence-corrected chi connectivity index (χ0v) is 12.7. The number of hydrogen-bond acceptors (Lipinski definition) is 3. The van der Waals surface area contributed by atoms with Gasteiger partial charge in [-0.05, 0) is 24.5 Å². The van der Waals surface area contributed by atoms with Crippen LogP contribution in [0.25, 0.3) is 0 Å². The normalized spacial score (nSPS) is 18.1. The summed E-state index contributed by atoms with van der Waals surface area (Å²) in [5.74, 6) is 0.627. The van der Waals surface area contributed by atoms with E-state index in [1.807, 2.05) is 17.9 Å². The van der Waals surface area contributed by atoms with Gasteiger partial charge in [-0.25, -0.2) is 0 Å². The van der Waals surface area contributed by atoms with Gasteiger partial charge in [0.05, 0.1) is 11.7 Å². The van der Waals surface area contributed by atoms with Crippen LogP contribution in [0.4, 0.5) is 0 Å². The topological polar surface area (TPSA) is 51.3 Å². The summed E-state index contributed by atoms with van der Waals surface area (Å²) >= 11 is 0. The van der Waals surface area contributed by atoms with Gasteiger partial charge in [-0.3, -0.25) is 4.79 Å². The Labute approximate surface area is 124 Å². The Bertz CT molecular complexity index is 641. The third-order valence-electron chi connectivity index (χ3n) is 4.11. The van der Waals surface area contributed by atoms with Crippen LogP contribution in [-0.4, -0.2) is 27.1 Å². The summed E-state index contributed by atoms with van der Waals surface area (Å²) in [6.07, 6.45) is 2.85. The Hall–Kier alpha value is -2.04. The lowest BCUT2D eigenvalue weighted by Crippen LogP contribution is -2.43. The lowest BCUT2D eigenvalue weighted by Gasteiger charge is -2.38. The highest BCUT2D eigenvalue weighted by atomic mass is 16.5. The standard InChI is InChI=1S/C16H21N3O2/c1-4-12-10-14(21-17-12)16(20)19-9-8-18-7-5-6-13(18)15(19)11(2)3/h5-7,10-11,15H,4,8-9H2,1-3H3. The van der Waals surface area contributed by atoms with Crippen LogP contribution in [0.5, 0.6) is 0 Å². The first-order valence-corrected chi connectivity index (χ1v) is 7.53. The Morgan fingerprint density at radius 2 is 2.29 bits per heavy atom. The van der Waals surface area contributed by atoms with Gasteiger partial charge < -0.3 is 14.0 Å². The summed E-state index contributed by atoms with van der Waals surface area (Å²) in [7, 11) is 0. The van der Waals surface area contributed by atoms with Gasteiger partial charge in [-0.15, -0.1) is 0 Å². The van der Waals surface area contributed by atoms with Crippen LogP contribution in [0.3, 0.4) is 0 Å². The van der Waals surface area contributed by atoms with Gasteiger partial charge in [0.25, 0.3) is 5.91 Å². The average Bonchev–Trinajstić information content (AvgIpc) is 3.13. The molecule has 0 radical (unpaired) electrons. The third-order valence-corrected chi connectivity index (χ3v) is 4.11. The maximum absolute atomic E-state index is 12.8. The second-order valence-corrected chi connectivity index (χ2v) is 5.85. The predicted octanol–water partition coefficient (Wildman–Crippen LogP) is 2.89. The molecule has 1 aliphatic heterocycles. The van der Waals surface area contributed by atoms with Gasteiger partial charge >= 0.3 is 0 Å². The Kier molecular flexibility index (Phi) is 3.57. The molecule has 2 aromatic heterocycles. The molecule has 5 heteroatoms. The Morgan fingerprint density at radius 1 is 1.48 bits per heavy atom. The molecular formula is C16H21N3O2. The molecular weight excluding hydrogens is 266 g/mol. The summed E-state index contributed by atoms with van der Waals surface area (Å²) in [5, 5.41) is 3.93. The number of rotatable bonds is 3. The number of carbonyl (C=O) groups excluding carboxylic acids is 1. The Morgan fingerprint density at radius 3 is 2.95 bits per heavy atom. The molecule has 1 unspecified atom stereocenters. The molecule has 0 fully saturated rings. The van der Waals surface area contributed by atoms with Crippen molar-refractivity contribution in [1.29, 1.82) is 0 Å². The molecule has 5 nitrogen and oxygen atoms in total. The molecule has 0 N–H and O–H groups in total. The van der Waals surface area contributed by atoms with E-state index in [9.17, 15) is 4.79 Å². The van der Waals surface area contributed by atoms with E-state index in [0.717, 1.165) is 18.7 Å². The molecule has 1 amide bonds. The summed E-state index contributed by atoms with van der Waals surface area (Å²) in [6, 6.07) is 5.98. The van der Waals surface area contributed by atoms with Crippen LogP contribution in [0.1, 0.15) is 48.8 Å². The lowest BCUT2D eigenvalue weighted by atomic mass is 9.97. The molecule has 1 aliphatic rings. The zero-order valence-electron chi connectivity index (χ0n) is 12.7. The minimum absolute atomic E-state index is 0.0617. The molecule has 0 aromatic carbocycles. The van der Waals surface area contributed by atoms with Crippen molar-refractivity contribution in [3.8, 4) is 0 Å². The molecule has 0 spiro atoms. The molecule has 0 aliphatic carbocycles. The fourth-order valence-electron chi connectivity index (χ4n) is 3.06. The summed E-state index contributed by atoms with van der Waals surface area (Å²) in [4.78, 5) is 14.7. The lowest BCUT2D eigenvalue weighted by molar-refractivity contribution is 0.0515. The van der Waals surface area contributed by atoms with Gasteiger partial charge in [0.1, 0.15) is 0 Å². The van der Waals surface area contributed by atoms with Gasteiger partial charge in [-0.1, -0.05) is 25.9 Å². The van der Waals surface area contributed by atoms with E-state index in [1.54, 1.807) is 6.07 Å². The van der Waals surface area contributed by atoms with Crippen molar-refractivity contribution in [3.63, 3.8) is 0 Å².